The Morgan fingerprint density at radius 2 is 0.879 bits per heavy atom. The molecule has 0 heterocycles. The summed E-state index contributed by atoms with van der Waals surface area (Å²) in [6.45, 7) is 5.03. The van der Waals surface area contributed by atoms with Crippen molar-refractivity contribution in [2.24, 2.45) is 0 Å². The molecule has 0 radical (unpaired) electrons. The SMILES string of the molecule is Cc1c(F)c(F)c(-c2cccc(-c3c(F)c(F)c(F)c(F)c3F)c2OC(C)(C)C)c(F)c1F. The zero-order valence-electron chi connectivity index (χ0n) is 17.5. The molecule has 0 unspecified atom stereocenters. The first-order chi connectivity index (χ1) is 15.2. The monoisotopic (exact) mass is 478 g/mol. The molecule has 0 atom stereocenters. The molecule has 0 aromatic heterocycles. The van der Waals surface area contributed by atoms with E-state index in [9.17, 15) is 39.5 Å². The highest BCUT2D eigenvalue weighted by Crippen LogP contribution is 2.45. The first-order valence-electron chi connectivity index (χ1n) is 9.35. The quantitative estimate of drug-likeness (QED) is 0.212. The average molecular weight is 478 g/mol. The third-order valence-electron chi connectivity index (χ3n) is 4.65. The summed E-state index contributed by atoms with van der Waals surface area (Å²) < 4.78 is 134. The van der Waals surface area contributed by atoms with Gasteiger partial charge in [0, 0.05) is 16.7 Å². The molecule has 0 amide bonds. The average Bonchev–Trinajstić information content (AvgIpc) is 2.74. The maximum atomic E-state index is 14.7. The van der Waals surface area contributed by atoms with Gasteiger partial charge in [0.25, 0.3) is 0 Å². The molecule has 0 bridgehead atoms. The lowest BCUT2D eigenvalue weighted by atomic mass is 9.94. The summed E-state index contributed by atoms with van der Waals surface area (Å²) in [4.78, 5) is 0. The van der Waals surface area contributed by atoms with Crippen LogP contribution in [0.1, 0.15) is 26.3 Å². The van der Waals surface area contributed by atoms with Crippen molar-refractivity contribution >= 4 is 0 Å². The number of halogens is 9. The van der Waals surface area contributed by atoms with E-state index < -0.39 is 91.5 Å². The minimum atomic E-state index is -2.41. The molecule has 33 heavy (non-hydrogen) atoms. The zero-order valence-corrected chi connectivity index (χ0v) is 17.5. The molecular weight excluding hydrogens is 463 g/mol. The van der Waals surface area contributed by atoms with Gasteiger partial charge < -0.3 is 4.74 Å². The van der Waals surface area contributed by atoms with Crippen molar-refractivity contribution in [2.75, 3.05) is 0 Å². The summed E-state index contributed by atoms with van der Waals surface area (Å²) in [5, 5.41) is 0. The van der Waals surface area contributed by atoms with Crippen molar-refractivity contribution in [1.29, 1.82) is 0 Å². The van der Waals surface area contributed by atoms with Gasteiger partial charge in [0.05, 0.1) is 11.1 Å². The number of hydrogen-bond donors (Lipinski definition) is 0. The summed E-state index contributed by atoms with van der Waals surface area (Å²) in [5.74, 6) is -19.3. The molecule has 3 aromatic carbocycles. The third-order valence-corrected chi connectivity index (χ3v) is 4.65. The lowest BCUT2D eigenvalue weighted by molar-refractivity contribution is 0.132. The Balaban J connectivity index is 2.51. The Labute approximate surface area is 182 Å². The van der Waals surface area contributed by atoms with Gasteiger partial charge in [-0.15, -0.1) is 0 Å². The fourth-order valence-corrected chi connectivity index (χ4v) is 3.17. The zero-order chi connectivity index (χ0) is 25.0. The second-order valence-corrected chi connectivity index (χ2v) is 8.10. The molecular formula is C23H15F9O. The number of rotatable bonds is 3. The molecule has 0 aliphatic rings. The van der Waals surface area contributed by atoms with Crippen LogP contribution in [0, 0.1) is 59.3 Å². The topological polar surface area (TPSA) is 9.23 Å². The highest BCUT2D eigenvalue weighted by molar-refractivity contribution is 5.83. The first-order valence-corrected chi connectivity index (χ1v) is 9.35. The molecule has 0 spiro atoms. The van der Waals surface area contributed by atoms with Gasteiger partial charge in [-0.25, -0.2) is 39.5 Å². The maximum absolute atomic E-state index is 14.7. The molecule has 3 rings (SSSR count). The smallest absolute Gasteiger partial charge is 0.200 e. The van der Waals surface area contributed by atoms with E-state index >= 15 is 0 Å². The van der Waals surface area contributed by atoms with Crippen LogP contribution in [0.15, 0.2) is 18.2 Å². The van der Waals surface area contributed by atoms with Crippen molar-refractivity contribution in [2.45, 2.75) is 33.3 Å². The fraction of sp³-hybridized carbons (Fsp3) is 0.217. The van der Waals surface area contributed by atoms with Gasteiger partial charge in [0.15, 0.2) is 46.5 Å². The largest absolute Gasteiger partial charge is 0.487 e. The molecule has 0 fully saturated rings. The molecule has 1 nitrogen and oxygen atoms in total. The summed E-state index contributed by atoms with van der Waals surface area (Å²) in [7, 11) is 0. The number of hydrogen-bond acceptors (Lipinski definition) is 1. The van der Waals surface area contributed by atoms with Crippen LogP contribution in [-0.4, -0.2) is 5.60 Å². The highest BCUT2D eigenvalue weighted by atomic mass is 19.2. The number of ether oxygens (including phenoxy) is 1. The molecule has 0 saturated carbocycles. The maximum Gasteiger partial charge on any atom is 0.200 e. The predicted molar refractivity (Wildman–Crippen MR) is 102 cm³/mol. The molecule has 0 N–H and O–H groups in total. The number of para-hydroxylation sites is 1. The Hall–Kier alpha value is -3.17. The van der Waals surface area contributed by atoms with Crippen molar-refractivity contribution < 1.29 is 44.3 Å². The minimum absolute atomic E-state index is 0.709. The Morgan fingerprint density at radius 3 is 1.24 bits per heavy atom. The van der Waals surface area contributed by atoms with E-state index in [0.717, 1.165) is 25.1 Å². The van der Waals surface area contributed by atoms with Gasteiger partial charge in [-0.05, 0) is 27.7 Å². The van der Waals surface area contributed by atoms with E-state index in [1.165, 1.54) is 20.8 Å². The second-order valence-electron chi connectivity index (χ2n) is 8.10. The van der Waals surface area contributed by atoms with Crippen molar-refractivity contribution in [3.05, 3.63) is 76.1 Å². The molecule has 3 aromatic rings. The molecule has 0 aliphatic carbocycles. The molecule has 0 aliphatic heterocycles. The van der Waals surface area contributed by atoms with E-state index in [-0.39, 0.29) is 0 Å². The molecule has 0 saturated heterocycles. The van der Waals surface area contributed by atoms with Crippen LogP contribution in [0.2, 0.25) is 0 Å². The van der Waals surface area contributed by atoms with E-state index in [1.54, 1.807) is 0 Å². The minimum Gasteiger partial charge on any atom is -0.487 e. The van der Waals surface area contributed by atoms with Gasteiger partial charge in [-0.3, -0.25) is 0 Å². The van der Waals surface area contributed by atoms with Gasteiger partial charge in [0.2, 0.25) is 5.82 Å². The van der Waals surface area contributed by atoms with Crippen LogP contribution >= 0.6 is 0 Å². The van der Waals surface area contributed by atoms with Gasteiger partial charge in [-0.2, -0.15) is 0 Å². The standard InChI is InChI=1S/C23H15F9O/c1-8-13(24)15(26)11(16(27)14(8)25)9-6-5-7-10(22(9)33-23(2,3)4)12-17(28)19(30)21(32)20(31)18(12)29/h5-7H,1-4H3. The highest BCUT2D eigenvalue weighted by Gasteiger charge is 2.32. The second kappa shape index (κ2) is 8.31. The van der Waals surface area contributed by atoms with Gasteiger partial charge in [0.1, 0.15) is 11.4 Å². The lowest BCUT2D eigenvalue weighted by Crippen LogP contribution is -2.24. The Bertz CT molecular complexity index is 1130. The van der Waals surface area contributed by atoms with E-state index in [4.69, 9.17) is 4.74 Å². The Morgan fingerprint density at radius 1 is 0.545 bits per heavy atom. The van der Waals surface area contributed by atoms with E-state index in [2.05, 4.69) is 0 Å². The summed E-state index contributed by atoms with van der Waals surface area (Å²) in [6, 6.07) is 2.75. The third kappa shape index (κ3) is 4.02. The van der Waals surface area contributed by atoms with Crippen molar-refractivity contribution in [3.63, 3.8) is 0 Å². The van der Waals surface area contributed by atoms with Crippen LogP contribution in [0.25, 0.3) is 22.3 Å². The summed E-state index contributed by atoms with van der Waals surface area (Å²) in [5.41, 5.74) is -6.41. The van der Waals surface area contributed by atoms with Crippen LogP contribution in [-0.2, 0) is 0 Å². The predicted octanol–water partition coefficient (Wildman–Crippen LogP) is 7.76. The first kappa shape index (κ1) is 24.5. The van der Waals surface area contributed by atoms with Crippen LogP contribution < -0.4 is 4.74 Å². The molecule has 10 heteroatoms. The lowest BCUT2D eigenvalue weighted by Gasteiger charge is -2.26. The van der Waals surface area contributed by atoms with Crippen LogP contribution in [0.4, 0.5) is 39.5 Å². The van der Waals surface area contributed by atoms with Gasteiger partial charge in [-0.1, -0.05) is 18.2 Å². The van der Waals surface area contributed by atoms with Crippen molar-refractivity contribution in [1.82, 2.24) is 0 Å². The van der Waals surface area contributed by atoms with Crippen LogP contribution in [0.3, 0.4) is 0 Å². The summed E-state index contributed by atoms with van der Waals surface area (Å²) in [6.07, 6.45) is 0. The van der Waals surface area contributed by atoms with Crippen LogP contribution in [0.5, 0.6) is 5.75 Å². The van der Waals surface area contributed by atoms with Gasteiger partial charge >= 0.3 is 0 Å². The summed E-state index contributed by atoms with van der Waals surface area (Å²) >= 11 is 0. The Kier molecular flexibility index (Phi) is 6.16. The fourth-order valence-electron chi connectivity index (χ4n) is 3.17. The van der Waals surface area contributed by atoms with Crippen molar-refractivity contribution in [3.8, 4) is 28.0 Å². The normalized spacial score (nSPS) is 11.8. The molecule has 176 valence electrons. The number of benzene rings is 3. The van der Waals surface area contributed by atoms with E-state index in [0.29, 0.717) is 0 Å². The van der Waals surface area contributed by atoms with E-state index in [1.807, 2.05) is 0 Å².